The Morgan fingerprint density at radius 2 is 2.14 bits per heavy atom. The summed E-state index contributed by atoms with van der Waals surface area (Å²) in [6, 6.07) is 0.452. The van der Waals surface area contributed by atoms with Crippen molar-refractivity contribution in [3.05, 3.63) is 11.7 Å². The third-order valence-corrected chi connectivity index (χ3v) is 4.94. The summed E-state index contributed by atoms with van der Waals surface area (Å²) in [4.78, 5) is 6.65. The second-order valence-electron chi connectivity index (χ2n) is 6.97. The number of hydrogen-bond donors (Lipinski definition) is 2. The molecule has 2 N–H and O–H groups in total. The summed E-state index contributed by atoms with van der Waals surface area (Å²) in [6.45, 7) is 5.37. The van der Waals surface area contributed by atoms with Gasteiger partial charge in [0.1, 0.15) is 0 Å². The highest BCUT2D eigenvalue weighted by Crippen LogP contribution is 2.27. The zero-order valence-electron chi connectivity index (χ0n) is 13.6. The lowest BCUT2D eigenvalue weighted by atomic mass is 9.84. The van der Waals surface area contributed by atoms with Crippen molar-refractivity contribution >= 4 is 0 Å². The molecular formula is C16H28N4O2. The molecule has 1 aliphatic carbocycles. The van der Waals surface area contributed by atoms with Crippen molar-refractivity contribution in [2.45, 2.75) is 70.1 Å². The summed E-state index contributed by atoms with van der Waals surface area (Å²) < 4.78 is 5.04. The molecule has 1 unspecified atom stereocenters. The molecule has 1 saturated heterocycles. The van der Waals surface area contributed by atoms with Gasteiger partial charge in [-0.15, -0.1) is 0 Å². The molecule has 0 spiro atoms. The molecule has 2 heterocycles. The first kappa shape index (κ1) is 15.9. The van der Waals surface area contributed by atoms with E-state index < -0.39 is 5.60 Å². The molecule has 22 heavy (non-hydrogen) atoms. The molecule has 3 rings (SSSR count). The highest BCUT2D eigenvalue weighted by Gasteiger charge is 2.30. The van der Waals surface area contributed by atoms with Gasteiger partial charge in [-0.3, -0.25) is 4.90 Å². The molecule has 1 atom stereocenters. The molecule has 124 valence electrons. The Kier molecular flexibility index (Phi) is 5.10. The molecule has 1 aliphatic heterocycles. The molecule has 1 aromatic heterocycles. The second-order valence-corrected chi connectivity index (χ2v) is 6.97. The number of aromatic nitrogens is 2. The van der Waals surface area contributed by atoms with Gasteiger partial charge < -0.3 is 14.9 Å². The van der Waals surface area contributed by atoms with E-state index in [1.54, 1.807) is 0 Å². The number of hydrogen-bond acceptors (Lipinski definition) is 6. The third-order valence-electron chi connectivity index (χ3n) is 4.94. The first-order valence-corrected chi connectivity index (χ1v) is 8.60. The average Bonchev–Trinajstić information content (AvgIpc) is 2.92. The first-order chi connectivity index (χ1) is 10.6. The van der Waals surface area contributed by atoms with Crippen LogP contribution in [0, 0.1) is 6.92 Å². The van der Waals surface area contributed by atoms with E-state index in [1.165, 1.54) is 19.3 Å². The number of aryl methyl sites for hydroxylation is 1. The summed E-state index contributed by atoms with van der Waals surface area (Å²) in [5.41, 5.74) is -0.481. The number of likely N-dealkylation sites (tertiary alicyclic amines) is 1. The number of nitrogens with one attached hydrogen (secondary N) is 1. The van der Waals surface area contributed by atoms with Gasteiger partial charge in [0, 0.05) is 26.1 Å². The fraction of sp³-hybridized carbons (Fsp3) is 0.875. The van der Waals surface area contributed by atoms with Gasteiger partial charge in [-0.25, -0.2) is 0 Å². The van der Waals surface area contributed by atoms with Gasteiger partial charge in [0.15, 0.2) is 5.82 Å². The molecule has 0 radical (unpaired) electrons. The predicted octanol–water partition coefficient (Wildman–Crippen LogP) is 1.63. The van der Waals surface area contributed by atoms with Crippen molar-refractivity contribution in [2.75, 3.05) is 19.6 Å². The number of nitrogens with zero attached hydrogens (tertiary/aromatic N) is 3. The van der Waals surface area contributed by atoms with Gasteiger partial charge in [-0.1, -0.05) is 24.4 Å². The Hall–Kier alpha value is -0.980. The van der Waals surface area contributed by atoms with E-state index in [4.69, 9.17) is 4.52 Å². The Balaban J connectivity index is 1.46. The molecule has 6 nitrogen and oxygen atoms in total. The van der Waals surface area contributed by atoms with Crippen molar-refractivity contribution in [3.8, 4) is 0 Å². The topological polar surface area (TPSA) is 74.4 Å². The van der Waals surface area contributed by atoms with Crippen LogP contribution in [0.1, 0.15) is 56.7 Å². The van der Waals surface area contributed by atoms with Crippen LogP contribution in [-0.4, -0.2) is 51.4 Å². The summed E-state index contributed by atoms with van der Waals surface area (Å²) >= 11 is 0. The molecule has 6 heteroatoms. The second kappa shape index (κ2) is 7.06. The minimum absolute atomic E-state index is 0.452. The number of aliphatic hydroxyl groups is 1. The molecule has 1 aromatic rings. The van der Waals surface area contributed by atoms with Crippen LogP contribution in [0.15, 0.2) is 4.52 Å². The van der Waals surface area contributed by atoms with Gasteiger partial charge in [0.2, 0.25) is 5.89 Å². The van der Waals surface area contributed by atoms with Crippen molar-refractivity contribution in [1.82, 2.24) is 20.4 Å². The average molecular weight is 308 g/mol. The van der Waals surface area contributed by atoms with Gasteiger partial charge in [-0.05, 0) is 32.2 Å². The van der Waals surface area contributed by atoms with Crippen LogP contribution in [0.4, 0.5) is 0 Å². The first-order valence-electron chi connectivity index (χ1n) is 8.60. The van der Waals surface area contributed by atoms with Crippen LogP contribution >= 0.6 is 0 Å². The highest BCUT2D eigenvalue weighted by molar-refractivity contribution is 4.89. The van der Waals surface area contributed by atoms with E-state index in [-0.39, 0.29) is 0 Å². The molecular weight excluding hydrogens is 280 g/mol. The van der Waals surface area contributed by atoms with Crippen LogP contribution in [0.3, 0.4) is 0 Å². The highest BCUT2D eigenvalue weighted by atomic mass is 16.5. The van der Waals surface area contributed by atoms with Crippen LogP contribution in [-0.2, 0) is 6.54 Å². The Morgan fingerprint density at radius 1 is 1.32 bits per heavy atom. The van der Waals surface area contributed by atoms with Crippen LogP contribution in [0.2, 0.25) is 0 Å². The quantitative estimate of drug-likeness (QED) is 0.861. The molecule has 0 bridgehead atoms. The minimum Gasteiger partial charge on any atom is -0.389 e. The summed E-state index contributed by atoms with van der Waals surface area (Å²) in [5, 5.41) is 18.2. The molecule has 0 aromatic carbocycles. The van der Waals surface area contributed by atoms with Gasteiger partial charge >= 0.3 is 0 Å². The normalized spacial score (nSPS) is 26.2. The van der Waals surface area contributed by atoms with E-state index in [9.17, 15) is 5.11 Å². The van der Waals surface area contributed by atoms with Crippen LogP contribution in [0.5, 0.6) is 0 Å². The van der Waals surface area contributed by atoms with Crippen molar-refractivity contribution < 1.29 is 9.63 Å². The molecule has 0 amide bonds. The maximum absolute atomic E-state index is 10.6. The molecule has 2 aliphatic rings. The van der Waals surface area contributed by atoms with Gasteiger partial charge in [-0.2, -0.15) is 4.98 Å². The largest absolute Gasteiger partial charge is 0.389 e. The molecule has 1 saturated carbocycles. The summed E-state index contributed by atoms with van der Waals surface area (Å²) in [6.07, 6.45) is 7.82. The predicted molar refractivity (Wildman–Crippen MR) is 83.4 cm³/mol. The van der Waals surface area contributed by atoms with E-state index in [0.717, 1.165) is 57.7 Å². The standard InChI is InChI=1S/C16H28N4O2/c1-13-18-15(19-22-13)11-20-9-5-6-14(10-20)17-12-16(21)7-3-2-4-8-16/h14,17,21H,2-12H2,1H3. The fourth-order valence-corrected chi connectivity index (χ4v) is 3.69. The lowest BCUT2D eigenvalue weighted by molar-refractivity contribution is 0.0000879. The monoisotopic (exact) mass is 308 g/mol. The third kappa shape index (κ3) is 4.27. The molecule has 2 fully saturated rings. The Bertz CT molecular complexity index is 470. The van der Waals surface area contributed by atoms with E-state index >= 15 is 0 Å². The van der Waals surface area contributed by atoms with Crippen molar-refractivity contribution in [2.24, 2.45) is 0 Å². The number of piperidine rings is 1. The van der Waals surface area contributed by atoms with Crippen LogP contribution < -0.4 is 5.32 Å². The van der Waals surface area contributed by atoms with Gasteiger partial charge in [0.05, 0.1) is 12.1 Å². The van der Waals surface area contributed by atoms with E-state index in [1.807, 2.05) is 6.92 Å². The minimum atomic E-state index is -0.481. The summed E-state index contributed by atoms with van der Waals surface area (Å²) in [7, 11) is 0. The maximum atomic E-state index is 10.6. The maximum Gasteiger partial charge on any atom is 0.223 e. The Labute approximate surface area is 132 Å². The van der Waals surface area contributed by atoms with E-state index in [2.05, 4.69) is 20.4 Å². The lowest BCUT2D eigenvalue weighted by Gasteiger charge is -2.37. The van der Waals surface area contributed by atoms with E-state index in [0.29, 0.717) is 11.9 Å². The Morgan fingerprint density at radius 3 is 2.86 bits per heavy atom. The smallest absolute Gasteiger partial charge is 0.223 e. The number of rotatable bonds is 5. The SMILES string of the molecule is Cc1nc(CN2CCCC(NCC3(O)CCCCC3)C2)no1. The zero-order valence-corrected chi connectivity index (χ0v) is 13.6. The van der Waals surface area contributed by atoms with Crippen molar-refractivity contribution in [3.63, 3.8) is 0 Å². The zero-order chi connectivity index (χ0) is 15.4. The van der Waals surface area contributed by atoms with Crippen LogP contribution in [0.25, 0.3) is 0 Å². The van der Waals surface area contributed by atoms with Crippen molar-refractivity contribution in [1.29, 1.82) is 0 Å². The lowest BCUT2D eigenvalue weighted by Crippen LogP contribution is -2.51. The summed E-state index contributed by atoms with van der Waals surface area (Å²) in [5.74, 6) is 1.39. The fourth-order valence-electron chi connectivity index (χ4n) is 3.69. The van der Waals surface area contributed by atoms with Gasteiger partial charge in [0.25, 0.3) is 0 Å².